The van der Waals surface area contributed by atoms with E-state index in [2.05, 4.69) is 0 Å². The van der Waals surface area contributed by atoms with E-state index in [1.165, 1.54) is 0 Å². The molecule has 0 heterocycles. The first-order chi connectivity index (χ1) is 9.40. The Morgan fingerprint density at radius 3 is 2.30 bits per heavy atom. The number of nitrogen functional groups attached to an aromatic ring is 1. The molecule has 0 fully saturated rings. The number of amides is 2. The minimum Gasteiger partial charge on any atom is -0.397 e. The summed E-state index contributed by atoms with van der Waals surface area (Å²) in [5.74, 6) is -0.504. The minimum atomic E-state index is -0.519. The molecule has 0 aliphatic carbocycles. The van der Waals surface area contributed by atoms with Gasteiger partial charge in [0.05, 0.1) is 17.9 Å². The summed E-state index contributed by atoms with van der Waals surface area (Å²) in [5.41, 5.74) is 12.6. The summed E-state index contributed by atoms with van der Waals surface area (Å²) in [7, 11) is 1.76. The number of hydrogen-bond acceptors (Lipinski definition) is 4. The number of primary amides is 1. The van der Waals surface area contributed by atoms with Gasteiger partial charge >= 0.3 is 0 Å². The van der Waals surface area contributed by atoms with Crippen molar-refractivity contribution in [2.75, 3.05) is 37.3 Å². The van der Waals surface area contributed by atoms with Gasteiger partial charge in [-0.2, -0.15) is 0 Å². The maximum Gasteiger partial charge on any atom is 0.248 e. The van der Waals surface area contributed by atoms with Gasteiger partial charge in [-0.15, -0.1) is 0 Å². The predicted octanol–water partition coefficient (Wildman–Crippen LogP) is 0.672. The van der Waals surface area contributed by atoms with Crippen LogP contribution in [-0.4, -0.2) is 43.4 Å². The summed E-state index contributed by atoms with van der Waals surface area (Å²) in [4.78, 5) is 26.7. The molecule has 0 bridgehead atoms. The van der Waals surface area contributed by atoms with Crippen LogP contribution in [0, 0.1) is 0 Å². The fourth-order valence-electron chi connectivity index (χ4n) is 1.99. The van der Waals surface area contributed by atoms with Crippen LogP contribution in [0.1, 0.15) is 24.2 Å². The van der Waals surface area contributed by atoms with Gasteiger partial charge in [-0.25, -0.2) is 0 Å². The third-order valence-corrected chi connectivity index (χ3v) is 3.21. The molecule has 20 heavy (non-hydrogen) atoms. The van der Waals surface area contributed by atoms with E-state index in [1.54, 1.807) is 35.0 Å². The summed E-state index contributed by atoms with van der Waals surface area (Å²) in [5, 5.41) is 0. The van der Waals surface area contributed by atoms with Gasteiger partial charge in [-0.3, -0.25) is 9.59 Å². The van der Waals surface area contributed by atoms with Crippen LogP contribution in [0.25, 0.3) is 0 Å². The molecular weight excluding hydrogens is 256 g/mol. The number of hydrogen-bond donors (Lipinski definition) is 2. The van der Waals surface area contributed by atoms with Gasteiger partial charge in [0.1, 0.15) is 0 Å². The Kier molecular flexibility index (Phi) is 5.37. The average Bonchev–Trinajstić information content (AvgIpc) is 2.40. The number of carbonyl (C=O) groups excluding carboxylic acids is 2. The number of rotatable bonds is 6. The number of benzene rings is 1. The van der Waals surface area contributed by atoms with Gasteiger partial charge in [0.15, 0.2) is 0 Å². The Balaban J connectivity index is 2.91. The fraction of sp³-hybridized carbons (Fsp3) is 0.429. The summed E-state index contributed by atoms with van der Waals surface area (Å²) >= 11 is 0. The first-order valence-electron chi connectivity index (χ1n) is 6.58. The van der Waals surface area contributed by atoms with Crippen LogP contribution in [-0.2, 0) is 4.79 Å². The number of carbonyl (C=O) groups is 2. The second kappa shape index (κ2) is 6.79. The van der Waals surface area contributed by atoms with Crippen molar-refractivity contribution < 1.29 is 9.59 Å². The largest absolute Gasteiger partial charge is 0.397 e. The molecule has 1 aromatic rings. The van der Waals surface area contributed by atoms with Crippen LogP contribution >= 0.6 is 0 Å². The van der Waals surface area contributed by atoms with Crippen molar-refractivity contribution in [3.63, 3.8) is 0 Å². The first kappa shape index (κ1) is 15.8. The Labute approximate surface area is 119 Å². The van der Waals surface area contributed by atoms with Gasteiger partial charge in [-0.1, -0.05) is 0 Å². The number of nitrogens with zero attached hydrogens (tertiary/aromatic N) is 2. The lowest BCUT2D eigenvalue weighted by Crippen LogP contribution is -2.39. The van der Waals surface area contributed by atoms with Crippen LogP contribution in [0.4, 0.5) is 11.4 Å². The molecule has 0 aliphatic heterocycles. The van der Waals surface area contributed by atoms with Gasteiger partial charge in [-0.05, 0) is 32.0 Å². The highest BCUT2D eigenvalue weighted by Gasteiger charge is 2.15. The SMILES string of the molecule is CCN(CC)C(=O)CN(C)c1cc(C(N)=O)ccc1N. The monoisotopic (exact) mass is 278 g/mol. The zero-order valence-corrected chi connectivity index (χ0v) is 12.2. The third kappa shape index (κ3) is 3.63. The molecule has 0 saturated carbocycles. The number of anilines is 2. The molecule has 6 nitrogen and oxygen atoms in total. The van der Waals surface area contributed by atoms with Crippen LogP contribution in [0.15, 0.2) is 18.2 Å². The molecule has 4 N–H and O–H groups in total. The standard InChI is InChI=1S/C14H22N4O2/c1-4-18(5-2)13(19)9-17(3)12-8-10(14(16)20)6-7-11(12)15/h6-8H,4-5,9,15H2,1-3H3,(H2,16,20). The molecule has 0 saturated heterocycles. The van der Waals surface area contributed by atoms with Crippen molar-refractivity contribution in [1.29, 1.82) is 0 Å². The van der Waals surface area contributed by atoms with E-state index in [0.717, 1.165) is 0 Å². The topological polar surface area (TPSA) is 92.7 Å². The van der Waals surface area contributed by atoms with E-state index in [0.29, 0.717) is 30.0 Å². The summed E-state index contributed by atoms with van der Waals surface area (Å²) in [6.45, 7) is 5.40. The van der Waals surface area contributed by atoms with E-state index >= 15 is 0 Å². The highest BCUT2D eigenvalue weighted by atomic mass is 16.2. The van der Waals surface area contributed by atoms with E-state index in [9.17, 15) is 9.59 Å². The van der Waals surface area contributed by atoms with Crippen LogP contribution in [0.2, 0.25) is 0 Å². The van der Waals surface area contributed by atoms with E-state index in [1.807, 2.05) is 13.8 Å². The molecule has 2 amide bonds. The second-order valence-electron chi connectivity index (χ2n) is 4.56. The van der Waals surface area contributed by atoms with Crippen LogP contribution in [0.5, 0.6) is 0 Å². The van der Waals surface area contributed by atoms with Crippen LogP contribution in [0.3, 0.4) is 0 Å². The molecular formula is C14H22N4O2. The van der Waals surface area contributed by atoms with Crippen molar-refractivity contribution in [2.24, 2.45) is 5.73 Å². The lowest BCUT2D eigenvalue weighted by atomic mass is 10.1. The van der Waals surface area contributed by atoms with Crippen molar-refractivity contribution >= 4 is 23.2 Å². The smallest absolute Gasteiger partial charge is 0.248 e. The fourth-order valence-corrected chi connectivity index (χ4v) is 1.99. The van der Waals surface area contributed by atoms with Gasteiger partial charge < -0.3 is 21.3 Å². The normalized spacial score (nSPS) is 10.2. The summed E-state index contributed by atoms with van der Waals surface area (Å²) in [6, 6.07) is 4.79. The maximum absolute atomic E-state index is 12.1. The predicted molar refractivity (Wildman–Crippen MR) is 80.6 cm³/mol. The molecule has 1 aromatic carbocycles. The highest BCUT2D eigenvalue weighted by Crippen LogP contribution is 2.23. The Morgan fingerprint density at radius 1 is 1.20 bits per heavy atom. The lowest BCUT2D eigenvalue weighted by Gasteiger charge is -2.25. The zero-order valence-electron chi connectivity index (χ0n) is 12.2. The Morgan fingerprint density at radius 2 is 1.80 bits per heavy atom. The molecule has 0 aliphatic rings. The van der Waals surface area contributed by atoms with E-state index < -0.39 is 5.91 Å². The molecule has 1 rings (SSSR count). The molecule has 0 atom stereocenters. The number of nitrogens with two attached hydrogens (primary N) is 2. The number of likely N-dealkylation sites (N-methyl/N-ethyl adjacent to an activating group) is 2. The van der Waals surface area contributed by atoms with Gasteiger partial charge in [0.2, 0.25) is 11.8 Å². The third-order valence-electron chi connectivity index (χ3n) is 3.21. The molecule has 0 unspecified atom stereocenters. The van der Waals surface area contributed by atoms with Crippen molar-refractivity contribution in [1.82, 2.24) is 4.90 Å². The minimum absolute atomic E-state index is 0.0152. The first-order valence-corrected chi connectivity index (χ1v) is 6.58. The maximum atomic E-state index is 12.1. The van der Waals surface area contributed by atoms with Crippen molar-refractivity contribution in [2.45, 2.75) is 13.8 Å². The molecule has 0 spiro atoms. The zero-order chi connectivity index (χ0) is 15.3. The summed E-state index contributed by atoms with van der Waals surface area (Å²) in [6.07, 6.45) is 0. The Hall–Kier alpha value is -2.24. The van der Waals surface area contributed by atoms with E-state index in [4.69, 9.17) is 11.5 Å². The molecule has 0 radical (unpaired) electrons. The van der Waals surface area contributed by atoms with Gasteiger partial charge in [0, 0.05) is 25.7 Å². The lowest BCUT2D eigenvalue weighted by molar-refractivity contribution is -0.129. The molecule has 110 valence electrons. The van der Waals surface area contributed by atoms with E-state index in [-0.39, 0.29) is 12.5 Å². The average molecular weight is 278 g/mol. The van der Waals surface area contributed by atoms with Crippen molar-refractivity contribution in [3.8, 4) is 0 Å². The van der Waals surface area contributed by atoms with Crippen LogP contribution < -0.4 is 16.4 Å². The molecule has 0 aromatic heterocycles. The highest BCUT2D eigenvalue weighted by molar-refractivity contribution is 5.95. The Bertz CT molecular complexity index is 498. The second-order valence-corrected chi connectivity index (χ2v) is 4.56. The van der Waals surface area contributed by atoms with Gasteiger partial charge in [0.25, 0.3) is 0 Å². The van der Waals surface area contributed by atoms with Crippen molar-refractivity contribution in [3.05, 3.63) is 23.8 Å². The molecule has 6 heteroatoms. The quantitative estimate of drug-likeness (QED) is 0.748. The summed E-state index contributed by atoms with van der Waals surface area (Å²) < 4.78 is 0.